The van der Waals surface area contributed by atoms with Crippen LogP contribution in [0.15, 0.2) is 24.3 Å². The lowest BCUT2D eigenvalue weighted by atomic mass is 10.1. The molecule has 0 spiro atoms. The highest BCUT2D eigenvalue weighted by atomic mass is 19.1. The smallest absolute Gasteiger partial charge is 0.228 e. The van der Waals surface area contributed by atoms with E-state index in [0.717, 1.165) is 25.7 Å². The van der Waals surface area contributed by atoms with Crippen molar-refractivity contribution in [1.82, 2.24) is 9.80 Å². The second-order valence-electron chi connectivity index (χ2n) is 7.21. The molecule has 1 saturated heterocycles. The number of rotatable bonds is 7. The maximum atomic E-state index is 14.0. The van der Waals surface area contributed by atoms with Crippen molar-refractivity contribution in [3.05, 3.63) is 35.6 Å². The van der Waals surface area contributed by atoms with Crippen LogP contribution in [0.1, 0.15) is 51.5 Å². The van der Waals surface area contributed by atoms with Gasteiger partial charge in [-0.15, -0.1) is 0 Å². The summed E-state index contributed by atoms with van der Waals surface area (Å²) in [6.45, 7) is 4.95. The molecule has 0 bridgehead atoms. The molecule has 2 fully saturated rings. The van der Waals surface area contributed by atoms with Gasteiger partial charge >= 0.3 is 0 Å². The molecule has 1 heterocycles. The molecule has 0 N–H and O–H groups in total. The van der Waals surface area contributed by atoms with Gasteiger partial charge < -0.3 is 9.80 Å². The monoisotopic (exact) mass is 346 g/mol. The molecule has 136 valence electrons. The standard InChI is InChI=1S/C20H27FN2O2/c1-3-16(4-2)22-13-15(11-19(22)24)20(25)23(17-9-10-17)12-14-7-5-6-8-18(14)21/h5-8,15-17H,3-4,9-13H2,1-2H3. The van der Waals surface area contributed by atoms with E-state index in [1.165, 1.54) is 6.07 Å². The summed E-state index contributed by atoms with van der Waals surface area (Å²) in [4.78, 5) is 29.1. The maximum absolute atomic E-state index is 14.0. The van der Waals surface area contributed by atoms with Crippen molar-refractivity contribution in [3.8, 4) is 0 Å². The van der Waals surface area contributed by atoms with E-state index in [1.54, 1.807) is 23.1 Å². The molecule has 4 nitrogen and oxygen atoms in total. The Morgan fingerprint density at radius 2 is 1.96 bits per heavy atom. The van der Waals surface area contributed by atoms with Gasteiger partial charge in [-0.25, -0.2) is 4.39 Å². The third-order valence-corrected chi connectivity index (χ3v) is 5.46. The highest BCUT2D eigenvalue weighted by Gasteiger charge is 2.42. The van der Waals surface area contributed by atoms with Crippen molar-refractivity contribution in [3.63, 3.8) is 0 Å². The van der Waals surface area contributed by atoms with Gasteiger partial charge in [0.2, 0.25) is 11.8 Å². The third kappa shape index (κ3) is 3.86. The second-order valence-corrected chi connectivity index (χ2v) is 7.21. The second kappa shape index (κ2) is 7.54. The zero-order chi connectivity index (χ0) is 18.0. The minimum Gasteiger partial charge on any atom is -0.339 e. The van der Waals surface area contributed by atoms with Crippen LogP contribution >= 0.6 is 0 Å². The Kier molecular flexibility index (Phi) is 5.40. The van der Waals surface area contributed by atoms with Crippen LogP contribution in [0.5, 0.6) is 0 Å². The molecule has 2 amide bonds. The number of amides is 2. The normalized spacial score (nSPS) is 20.4. The highest BCUT2D eigenvalue weighted by molar-refractivity contribution is 5.89. The first-order valence-electron chi connectivity index (χ1n) is 9.38. The van der Waals surface area contributed by atoms with Crippen molar-refractivity contribution in [2.24, 2.45) is 5.92 Å². The maximum Gasteiger partial charge on any atom is 0.228 e. The van der Waals surface area contributed by atoms with Crippen LogP contribution in [0.25, 0.3) is 0 Å². The summed E-state index contributed by atoms with van der Waals surface area (Å²) in [6, 6.07) is 7.02. The molecular formula is C20H27FN2O2. The summed E-state index contributed by atoms with van der Waals surface area (Å²) in [5, 5.41) is 0. The Bertz CT molecular complexity index is 640. The molecule has 1 atom stereocenters. The van der Waals surface area contributed by atoms with Crippen molar-refractivity contribution >= 4 is 11.8 Å². The Labute approximate surface area is 149 Å². The molecule has 2 aliphatic rings. The average Bonchev–Trinajstić information content (AvgIpc) is 3.38. The summed E-state index contributed by atoms with van der Waals surface area (Å²) in [6.07, 6.45) is 4.04. The summed E-state index contributed by atoms with van der Waals surface area (Å²) in [5.41, 5.74) is 0.545. The Morgan fingerprint density at radius 3 is 2.56 bits per heavy atom. The molecule has 25 heavy (non-hydrogen) atoms. The van der Waals surface area contributed by atoms with Crippen LogP contribution in [0, 0.1) is 11.7 Å². The van der Waals surface area contributed by atoms with Gasteiger partial charge in [0.15, 0.2) is 0 Å². The summed E-state index contributed by atoms with van der Waals surface area (Å²) in [7, 11) is 0. The van der Waals surface area contributed by atoms with Gasteiger partial charge in [0.05, 0.1) is 5.92 Å². The SMILES string of the molecule is CCC(CC)N1CC(C(=O)N(Cc2ccccc2F)C2CC2)CC1=O. The molecule has 3 rings (SSSR count). The number of halogens is 1. The van der Waals surface area contributed by atoms with E-state index in [-0.39, 0.29) is 42.1 Å². The predicted octanol–water partition coefficient (Wildman–Crippen LogP) is 3.35. The van der Waals surface area contributed by atoms with Crippen LogP contribution in [0.3, 0.4) is 0 Å². The van der Waals surface area contributed by atoms with Gasteiger partial charge in [0, 0.05) is 37.2 Å². The van der Waals surface area contributed by atoms with E-state index in [9.17, 15) is 14.0 Å². The van der Waals surface area contributed by atoms with Crippen molar-refractivity contribution in [2.45, 2.75) is 64.6 Å². The topological polar surface area (TPSA) is 40.6 Å². The van der Waals surface area contributed by atoms with Crippen LogP contribution in [-0.2, 0) is 16.1 Å². The molecule has 1 aromatic carbocycles. The van der Waals surface area contributed by atoms with E-state index >= 15 is 0 Å². The molecule has 1 aliphatic carbocycles. The van der Waals surface area contributed by atoms with Gasteiger partial charge in [-0.05, 0) is 31.7 Å². The summed E-state index contributed by atoms with van der Waals surface area (Å²) in [5.74, 6) is -0.483. The molecule has 1 aromatic rings. The first-order chi connectivity index (χ1) is 12.0. The zero-order valence-corrected chi connectivity index (χ0v) is 15.1. The first kappa shape index (κ1) is 17.9. The fraction of sp³-hybridized carbons (Fsp3) is 0.600. The average molecular weight is 346 g/mol. The van der Waals surface area contributed by atoms with Crippen LogP contribution < -0.4 is 0 Å². The van der Waals surface area contributed by atoms with Gasteiger partial charge in [-0.3, -0.25) is 9.59 Å². The first-order valence-corrected chi connectivity index (χ1v) is 9.38. The largest absolute Gasteiger partial charge is 0.339 e. The van der Waals surface area contributed by atoms with E-state index in [2.05, 4.69) is 13.8 Å². The summed E-state index contributed by atoms with van der Waals surface area (Å²) >= 11 is 0. The van der Waals surface area contributed by atoms with Crippen LogP contribution in [0.2, 0.25) is 0 Å². The Balaban J connectivity index is 1.72. The quantitative estimate of drug-likeness (QED) is 0.760. The minimum absolute atomic E-state index is 0.00700. The lowest BCUT2D eigenvalue weighted by molar-refractivity contribution is -0.137. The zero-order valence-electron chi connectivity index (χ0n) is 15.1. The van der Waals surface area contributed by atoms with Crippen molar-refractivity contribution in [1.29, 1.82) is 0 Å². The van der Waals surface area contributed by atoms with Gasteiger partial charge in [-0.2, -0.15) is 0 Å². The van der Waals surface area contributed by atoms with Gasteiger partial charge in [0.25, 0.3) is 0 Å². The molecule has 0 radical (unpaired) electrons. The molecule has 1 aliphatic heterocycles. The Hall–Kier alpha value is -1.91. The van der Waals surface area contributed by atoms with Gasteiger partial charge in [-0.1, -0.05) is 32.0 Å². The fourth-order valence-electron chi connectivity index (χ4n) is 3.80. The Morgan fingerprint density at radius 1 is 1.28 bits per heavy atom. The van der Waals surface area contributed by atoms with Crippen LogP contribution in [0.4, 0.5) is 4.39 Å². The number of hydrogen-bond donors (Lipinski definition) is 0. The third-order valence-electron chi connectivity index (χ3n) is 5.46. The number of carbonyl (C=O) groups excluding carboxylic acids is 2. The lowest BCUT2D eigenvalue weighted by Crippen LogP contribution is -2.40. The molecule has 0 aromatic heterocycles. The van der Waals surface area contributed by atoms with Crippen molar-refractivity contribution < 1.29 is 14.0 Å². The summed E-state index contributed by atoms with van der Waals surface area (Å²) < 4.78 is 14.0. The number of benzene rings is 1. The fourth-order valence-corrected chi connectivity index (χ4v) is 3.80. The van der Waals surface area contributed by atoms with E-state index < -0.39 is 0 Å². The van der Waals surface area contributed by atoms with Gasteiger partial charge in [0.1, 0.15) is 5.82 Å². The van der Waals surface area contributed by atoms with E-state index in [0.29, 0.717) is 18.7 Å². The predicted molar refractivity (Wildman–Crippen MR) is 94.2 cm³/mol. The van der Waals surface area contributed by atoms with Crippen LogP contribution in [-0.4, -0.2) is 40.2 Å². The molecule has 1 unspecified atom stereocenters. The number of carbonyl (C=O) groups is 2. The number of likely N-dealkylation sites (tertiary alicyclic amines) is 1. The lowest BCUT2D eigenvalue weighted by Gasteiger charge is -2.28. The van der Waals surface area contributed by atoms with E-state index in [1.807, 2.05) is 4.90 Å². The highest BCUT2D eigenvalue weighted by Crippen LogP contribution is 2.33. The molecular weight excluding hydrogens is 319 g/mol. The van der Waals surface area contributed by atoms with E-state index in [4.69, 9.17) is 0 Å². The number of hydrogen-bond acceptors (Lipinski definition) is 2. The molecule has 5 heteroatoms. The molecule has 1 saturated carbocycles. The minimum atomic E-state index is -0.291. The number of nitrogens with zero attached hydrogens (tertiary/aromatic N) is 2. The van der Waals surface area contributed by atoms with Crippen molar-refractivity contribution in [2.75, 3.05) is 6.54 Å².